The summed E-state index contributed by atoms with van der Waals surface area (Å²) in [4.78, 5) is 24.3. The first-order valence-electron chi connectivity index (χ1n) is 6.69. The summed E-state index contributed by atoms with van der Waals surface area (Å²) in [5.41, 5.74) is 5.41. The number of aryl methyl sites for hydroxylation is 1. The average molecular weight is 336 g/mol. The van der Waals surface area contributed by atoms with Crippen LogP contribution in [0.15, 0.2) is 47.4 Å². The summed E-state index contributed by atoms with van der Waals surface area (Å²) in [6.07, 6.45) is 0. The van der Waals surface area contributed by atoms with Crippen molar-refractivity contribution in [2.24, 2.45) is 0 Å². The number of carbonyl (C=O) groups is 2. The number of thioether (sulfide) groups is 1. The Morgan fingerprint density at radius 1 is 1.00 bits per heavy atom. The molecule has 0 saturated carbocycles. The molecule has 0 radical (unpaired) electrons. The molecule has 120 valence electrons. The summed E-state index contributed by atoms with van der Waals surface area (Å²) in [5, 5.41) is 0. The minimum absolute atomic E-state index is 0.0876. The Labute approximate surface area is 136 Å². The minimum Gasteiger partial charge on any atom is -0.272 e. The van der Waals surface area contributed by atoms with Crippen molar-refractivity contribution in [3.8, 4) is 0 Å². The molecule has 0 spiro atoms. The number of amides is 2. The molecule has 2 aromatic carbocycles. The Hall–Kier alpha value is -2.41. The molecule has 0 saturated heterocycles. The van der Waals surface area contributed by atoms with E-state index in [9.17, 15) is 18.4 Å². The van der Waals surface area contributed by atoms with Gasteiger partial charge in [0.05, 0.1) is 5.75 Å². The minimum atomic E-state index is -1.13. The van der Waals surface area contributed by atoms with Crippen LogP contribution in [0.5, 0.6) is 0 Å². The lowest BCUT2D eigenvalue weighted by Gasteiger charge is -2.07. The fourth-order valence-corrected chi connectivity index (χ4v) is 2.35. The zero-order chi connectivity index (χ0) is 16.8. The largest absolute Gasteiger partial charge is 0.272 e. The second-order valence-corrected chi connectivity index (χ2v) is 5.78. The number of rotatable bonds is 4. The van der Waals surface area contributed by atoms with Gasteiger partial charge in [0.1, 0.15) is 0 Å². The molecule has 2 aromatic rings. The first-order chi connectivity index (χ1) is 11.0. The van der Waals surface area contributed by atoms with Crippen molar-refractivity contribution < 1.29 is 18.4 Å². The van der Waals surface area contributed by atoms with Crippen LogP contribution in [0.4, 0.5) is 8.78 Å². The maximum Gasteiger partial charge on any atom is 0.269 e. The number of carbonyl (C=O) groups excluding carboxylic acids is 2. The van der Waals surface area contributed by atoms with Gasteiger partial charge >= 0.3 is 0 Å². The van der Waals surface area contributed by atoms with E-state index in [4.69, 9.17) is 0 Å². The van der Waals surface area contributed by atoms with Crippen LogP contribution in [-0.4, -0.2) is 17.6 Å². The number of benzene rings is 2. The van der Waals surface area contributed by atoms with Crippen molar-refractivity contribution in [2.75, 3.05) is 5.75 Å². The summed E-state index contributed by atoms with van der Waals surface area (Å²) in [7, 11) is 0. The third-order valence-electron chi connectivity index (χ3n) is 2.89. The molecule has 4 nitrogen and oxygen atoms in total. The second-order valence-electron chi connectivity index (χ2n) is 4.73. The normalized spacial score (nSPS) is 10.2. The number of hydrogen-bond acceptors (Lipinski definition) is 3. The molecular formula is C16H14F2N2O2S. The third-order valence-corrected chi connectivity index (χ3v) is 3.90. The topological polar surface area (TPSA) is 58.2 Å². The molecule has 2 N–H and O–H groups in total. The monoisotopic (exact) mass is 336 g/mol. The first kappa shape index (κ1) is 17.0. The molecule has 0 heterocycles. The van der Waals surface area contributed by atoms with E-state index in [1.807, 2.05) is 31.2 Å². The number of halogens is 2. The lowest BCUT2D eigenvalue weighted by atomic mass is 10.2. The summed E-state index contributed by atoms with van der Waals surface area (Å²) in [5.74, 6) is -3.19. The Bertz CT molecular complexity index is 721. The average Bonchev–Trinajstić information content (AvgIpc) is 2.54. The fourth-order valence-electron chi connectivity index (χ4n) is 1.66. The SMILES string of the molecule is Cc1ccc(SCC(=O)NNC(=O)c2ccc(F)c(F)c2)cc1. The van der Waals surface area contributed by atoms with Gasteiger partial charge in [0.15, 0.2) is 11.6 Å². The van der Waals surface area contributed by atoms with Crippen LogP contribution in [0.3, 0.4) is 0 Å². The summed E-state index contributed by atoms with van der Waals surface area (Å²) >= 11 is 1.32. The highest BCUT2D eigenvalue weighted by molar-refractivity contribution is 8.00. The lowest BCUT2D eigenvalue weighted by Crippen LogP contribution is -2.42. The highest BCUT2D eigenvalue weighted by Gasteiger charge is 2.10. The van der Waals surface area contributed by atoms with E-state index >= 15 is 0 Å². The van der Waals surface area contributed by atoms with E-state index < -0.39 is 23.4 Å². The van der Waals surface area contributed by atoms with Gasteiger partial charge in [-0.15, -0.1) is 11.8 Å². The van der Waals surface area contributed by atoms with Crippen molar-refractivity contribution in [2.45, 2.75) is 11.8 Å². The van der Waals surface area contributed by atoms with Gasteiger partial charge in [-0.2, -0.15) is 0 Å². The maximum atomic E-state index is 13.0. The van der Waals surface area contributed by atoms with Gasteiger partial charge in [-0.25, -0.2) is 8.78 Å². The van der Waals surface area contributed by atoms with Gasteiger partial charge in [0, 0.05) is 10.5 Å². The molecule has 23 heavy (non-hydrogen) atoms. The second kappa shape index (κ2) is 7.73. The van der Waals surface area contributed by atoms with Gasteiger partial charge in [-0.05, 0) is 37.3 Å². The van der Waals surface area contributed by atoms with Crippen LogP contribution in [0.2, 0.25) is 0 Å². The summed E-state index contributed by atoms with van der Waals surface area (Å²) < 4.78 is 25.8. The molecule has 0 aliphatic heterocycles. The zero-order valence-electron chi connectivity index (χ0n) is 12.2. The van der Waals surface area contributed by atoms with Gasteiger partial charge in [0.25, 0.3) is 5.91 Å². The molecule has 0 aromatic heterocycles. The molecular weight excluding hydrogens is 322 g/mol. The molecule has 0 bridgehead atoms. The predicted octanol–water partition coefficient (Wildman–Crippen LogP) is 2.83. The molecule has 0 aliphatic carbocycles. The molecule has 2 amide bonds. The zero-order valence-corrected chi connectivity index (χ0v) is 13.0. The third kappa shape index (κ3) is 5.07. The summed E-state index contributed by atoms with van der Waals surface area (Å²) in [6, 6.07) is 10.4. The molecule has 0 unspecified atom stereocenters. The van der Waals surface area contributed by atoms with Crippen molar-refractivity contribution >= 4 is 23.6 Å². The molecule has 0 aliphatic rings. The molecule has 0 atom stereocenters. The van der Waals surface area contributed by atoms with Gasteiger partial charge in [-0.3, -0.25) is 20.4 Å². The Balaban J connectivity index is 1.80. The van der Waals surface area contributed by atoms with E-state index in [-0.39, 0.29) is 11.3 Å². The molecule has 0 fully saturated rings. The first-order valence-corrected chi connectivity index (χ1v) is 7.68. The Morgan fingerprint density at radius 3 is 2.35 bits per heavy atom. The van der Waals surface area contributed by atoms with Crippen LogP contribution in [0.25, 0.3) is 0 Å². The fraction of sp³-hybridized carbons (Fsp3) is 0.125. The lowest BCUT2D eigenvalue weighted by molar-refractivity contribution is -0.119. The number of hydrogen-bond donors (Lipinski definition) is 2. The molecule has 2 rings (SSSR count). The van der Waals surface area contributed by atoms with Crippen molar-refractivity contribution in [3.05, 3.63) is 65.2 Å². The van der Waals surface area contributed by atoms with Crippen molar-refractivity contribution in [3.63, 3.8) is 0 Å². The summed E-state index contributed by atoms with van der Waals surface area (Å²) in [6.45, 7) is 1.97. The quantitative estimate of drug-likeness (QED) is 0.667. The number of hydrazine groups is 1. The maximum absolute atomic E-state index is 13.0. The van der Waals surface area contributed by atoms with Crippen molar-refractivity contribution in [1.29, 1.82) is 0 Å². The highest BCUT2D eigenvalue weighted by atomic mass is 32.2. The Kier molecular flexibility index (Phi) is 5.70. The van der Waals surface area contributed by atoms with Crippen LogP contribution < -0.4 is 10.9 Å². The highest BCUT2D eigenvalue weighted by Crippen LogP contribution is 2.17. The van der Waals surface area contributed by atoms with Crippen molar-refractivity contribution in [1.82, 2.24) is 10.9 Å². The van der Waals surface area contributed by atoms with Gasteiger partial charge < -0.3 is 0 Å². The van der Waals surface area contributed by atoms with Crippen LogP contribution in [-0.2, 0) is 4.79 Å². The number of nitrogens with one attached hydrogen (secondary N) is 2. The smallest absolute Gasteiger partial charge is 0.269 e. The molecule has 7 heteroatoms. The van der Waals surface area contributed by atoms with Gasteiger partial charge in [0.2, 0.25) is 5.91 Å². The van der Waals surface area contributed by atoms with E-state index in [0.29, 0.717) is 0 Å². The van der Waals surface area contributed by atoms with Gasteiger partial charge in [-0.1, -0.05) is 17.7 Å². The van der Waals surface area contributed by atoms with Crippen LogP contribution in [0.1, 0.15) is 15.9 Å². The van der Waals surface area contributed by atoms with E-state index in [2.05, 4.69) is 10.9 Å². The predicted molar refractivity (Wildman–Crippen MR) is 83.9 cm³/mol. The Morgan fingerprint density at radius 2 is 1.70 bits per heavy atom. The van der Waals surface area contributed by atoms with E-state index in [1.54, 1.807) is 0 Å². The standard InChI is InChI=1S/C16H14F2N2O2S/c1-10-2-5-12(6-3-10)23-9-15(21)19-20-16(22)11-4-7-13(17)14(18)8-11/h2-8H,9H2,1H3,(H,19,21)(H,20,22). The van der Waals surface area contributed by atoms with Crippen LogP contribution in [0, 0.1) is 18.6 Å². The van der Waals surface area contributed by atoms with Crippen LogP contribution >= 0.6 is 11.8 Å². The van der Waals surface area contributed by atoms with E-state index in [1.165, 1.54) is 11.8 Å². The van der Waals surface area contributed by atoms with E-state index in [0.717, 1.165) is 28.7 Å².